The number of hydrogen-bond donors (Lipinski definition) is 1. The molecule has 0 rings (SSSR count). The van der Waals surface area contributed by atoms with E-state index in [1.165, 1.54) is 4.90 Å². The van der Waals surface area contributed by atoms with Crippen molar-refractivity contribution >= 4 is 11.9 Å². The predicted molar refractivity (Wildman–Crippen MR) is 68.2 cm³/mol. The Labute approximate surface area is 108 Å². The van der Waals surface area contributed by atoms with Gasteiger partial charge in [0, 0.05) is 6.54 Å². The maximum atomic E-state index is 13.5. The van der Waals surface area contributed by atoms with Crippen molar-refractivity contribution in [3.63, 3.8) is 0 Å². The quantitative estimate of drug-likeness (QED) is 0.615. The van der Waals surface area contributed by atoms with E-state index in [2.05, 4.69) is 0 Å². The van der Waals surface area contributed by atoms with Crippen LogP contribution >= 0.6 is 0 Å². The molecule has 0 saturated heterocycles. The van der Waals surface area contributed by atoms with E-state index in [0.717, 1.165) is 19.3 Å². The van der Waals surface area contributed by atoms with Gasteiger partial charge in [0.15, 0.2) is 0 Å². The molecule has 1 N–H and O–H groups in total. The molecule has 0 aromatic rings. The minimum Gasteiger partial charge on any atom is -0.480 e. The molecular formula is C13H24FNO3. The molecule has 0 bridgehead atoms. The van der Waals surface area contributed by atoms with Crippen LogP contribution in [0.25, 0.3) is 0 Å². The molecular weight excluding hydrogens is 237 g/mol. The molecule has 1 amide bonds. The topological polar surface area (TPSA) is 57.6 Å². The SMILES string of the molecule is CCCCCC(F)CC(=O)N(CCC)CC(=O)O. The molecule has 1 atom stereocenters. The number of alkyl halides is 1. The van der Waals surface area contributed by atoms with E-state index in [-0.39, 0.29) is 13.0 Å². The number of aliphatic carboxylic acids is 1. The molecule has 0 aliphatic rings. The van der Waals surface area contributed by atoms with E-state index in [1.54, 1.807) is 0 Å². The van der Waals surface area contributed by atoms with E-state index >= 15 is 0 Å². The van der Waals surface area contributed by atoms with E-state index in [4.69, 9.17) is 5.11 Å². The van der Waals surface area contributed by atoms with Crippen LogP contribution in [-0.4, -0.2) is 41.1 Å². The van der Waals surface area contributed by atoms with Crippen molar-refractivity contribution < 1.29 is 19.1 Å². The van der Waals surface area contributed by atoms with Gasteiger partial charge in [0.25, 0.3) is 0 Å². The van der Waals surface area contributed by atoms with E-state index < -0.39 is 18.0 Å². The molecule has 18 heavy (non-hydrogen) atoms. The number of amides is 1. The Kier molecular flexibility index (Phi) is 9.24. The van der Waals surface area contributed by atoms with Crippen molar-refractivity contribution in [2.45, 2.75) is 58.5 Å². The van der Waals surface area contributed by atoms with Crippen molar-refractivity contribution in [3.05, 3.63) is 0 Å². The number of hydrogen-bond acceptors (Lipinski definition) is 2. The van der Waals surface area contributed by atoms with Crippen LogP contribution in [0.5, 0.6) is 0 Å². The summed E-state index contributed by atoms with van der Waals surface area (Å²) >= 11 is 0. The lowest BCUT2D eigenvalue weighted by atomic mass is 10.1. The highest BCUT2D eigenvalue weighted by atomic mass is 19.1. The normalized spacial score (nSPS) is 12.2. The number of carboxylic acids is 1. The Morgan fingerprint density at radius 1 is 1.22 bits per heavy atom. The van der Waals surface area contributed by atoms with Gasteiger partial charge >= 0.3 is 5.97 Å². The minimum atomic E-state index is -1.16. The summed E-state index contributed by atoms with van der Waals surface area (Å²) in [6.45, 7) is 3.92. The second-order valence-electron chi connectivity index (χ2n) is 4.51. The third kappa shape index (κ3) is 8.03. The van der Waals surface area contributed by atoms with Crippen LogP contribution < -0.4 is 0 Å². The monoisotopic (exact) mass is 261 g/mol. The van der Waals surface area contributed by atoms with Gasteiger partial charge in [-0.1, -0.05) is 33.1 Å². The number of carbonyl (C=O) groups is 2. The summed E-state index contributed by atoms with van der Waals surface area (Å²) in [5.74, 6) is -1.46. The van der Waals surface area contributed by atoms with Crippen LogP contribution in [0.1, 0.15) is 52.4 Å². The van der Waals surface area contributed by atoms with Crippen LogP contribution in [0.15, 0.2) is 0 Å². The number of rotatable bonds is 10. The van der Waals surface area contributed by atoms with Crippen molar-refractivity contribution in [1.29, 1.82) is 0 Å². The second-order valence-corrected chi connectivity index (χ2v) is 4.51. The predicted octanol–water partition coefficient (Wildman–Crippen LogP) is 2.62. The second kappa shape index (κ2) is 9.85. The summed E-state index contributed by atoms with van der Waals surface area (Å²) in [7, 11) is 0. The summed E-state index contributed by atoms with van der Waals surface area (Å²) in [6, 6.07) is 0. The molecule has 0 aromatic heterocycles. The van der Waals surface area contributed by atoms with E-state index in [1.807, 2.05) is 13.8 Å². The van der Waals surface area contributed by atoms with Crippen molar-refractivity contribution in [1.82, 2.24) is 4.90 Å². The molecule has 0 saturated carbocycles. The first-order chi connectivity index (χ1) is 8.51. The van der Waals surface area contributed by atoms with Gasteiger partial charge in [0.2, 0.25) is 5.91 Å². The number of unbranched alkanes of at least 4 members (excludes halogenated alkanes) is 2. The van der Waals surface area contributed by atoms with Gasteiger partial charge in [0.1, 0.15) is 12.7 Å². The Hall–Kier alpha value is -1.13. The molecule has 0 aliphatic heterocycles. The zero-order chi connectivity index (χ0) is 14.0. The fourth-order valence-corrected chi connectivity index (χ4v) is 1.76. The summed E-state index contributed by atoms with van der Waals surface area (Å²) in [5.41, 5.74) is 0. The summed E-state index contributed by atoms with van der Waals surface area (Å²) in [5, 5.41) is 8.68. The van der Waals surface area contributed by atoms with Crippen LogP contribution in [0, 0.1) is 0 Å². The molecule has 0 aromatic carbocycles. The average molecular weight is 261 g/mol. The number of halogens is 1. The van der Waals surface area contributed by atoms with Gasteiger partial charge in [-0.3, -0.25) is 9.59 Å². The highest BCUT2D eigenvalue weighted by Gasteiger charge is 2.19. The first-order valence-corrected chi connectivity index (χ1v) is 6.64. The summed E-state index contributed by atoms with van der Waals surface area (Å²) in [4.78, 5) is 23.5. The van der Waals surface area contributed by atoms with Crippen molar-refractivity contribution in [2.24, 2.45) is 0 Å². The van der Waals surface area contributed by atoms with Crippen LogP contribution in [-0.2, 0) is 9.59 Å². The summed E-state index contributed by atoms with van der Waals surface area (Å²) < 4.78 is 13.5. The van der Waals surface area contributed by atoms with E-state index in [0.29, 0.717) is 19.4 Å². The highest BCUT2D eigenvalue weighted by Crippen LogP contribution is 2.12. The smallest absolute Gasteiger partial charge is 0.323 e. The van der Waals surface area contributed by atoms with Crippen LogP contribution in [0.3, 0.4) is 0 Å². The van der Waals surface area contributed by atoms with E-state index in [9.17, 15) is 14.0 Å². The molecule has 1 unspecified atom stereocenters. The van der Waals surface area contributed by atoms with Crippen LogP contribution in [0.2, 0.25) is 0 Å². The van der Waals surface area contributed by atoms with Gasteiger partial charge < -0.3 is 10.0 Å². The Balaban J connectivity index is 4.10. The first-order valence-electron chi connectivity index (χ1n) is 6.64. The third-order valence-electron chi connectivity index (χ3n) is 2.69. The third-order valence-corrected chi connectivity index (χ3v) is 2.69. The Morgan fingerprint density at radius 2 is 1.89 bits per heavy atom. The van der Waals surface area contributed by atoms with Gasteiger partial charge in [-0.15, -0.1) is 0 Å². The minimum absolute atomic E-state index is 0.197. The largest absolute Gasteiger partial charge is 0.480 e. The lowest BCUT2D eigenvalue weighted by Crippen LogP contribution is -2.37. The maximum Gasteiger partial charge on any atom is 0.323 e. The molecule has 5 heteroatoms. The van der Waals surface area contributed by atoms with Crippen molar-refractivity contribution in [3.8, 4) is 0 Å². The number of carbonyl (C=O) groups excluding carboxylic acids is 1. The van der Waals surface area contributed by atoms with Crippen molar-refractivity contribution in [2.75, 3.05) is 13.1 Å². The fourth-order valence-electron chi connectivity index (χ4n) is 1.76. The fraction of sp³-hybridized carbons (Fsp3) is 0.846. The molecule has 0 spiro atoms. The van der Waals surface area contributed by atoms with Gasteiger partial charge in [-0.25, -0.2) is 4.39 Å². The van der Waals surface area contributed by atoms with Gasteiger partial charge in [-0.05, 0) is 12.8 Å². The molecule has 0 aliphatic carbocycles. The average Bonchev–Trinajstić information content (AvgIpc) is 2.28. The Morgan fingerprint density at radius 3 is 2.39 bits per heavy atom. The molecule has 0 radical (unpaired) electrons. The molecule has 106 valence electrons. The Bertz CT molecular complexity index is 259. The molecule has 0 fully saturated rings. The van der Waals surface area contributed by atoms with Gasteiger partial charge in [0.05, 0.1) is 6.42 Å². The number of carboxylic acid groups (broad SMARTS) is 1. The first kappa shape index (κ1) is 16.9. The number of nitrogens with zero attached hydrogens (tertiary/aromatic N) is 1. The zero-order valence-corrected chi connectivity index (χ0v) is 11.3. The maximum absolute atomic E-state index is 13.5. The molecule has 4 nitrogen and oxygen atoms in total. The highest BCUT2D eigenvalue weighted by molar-refractivity contribution is 5.81. The van der Waals surface area contributed by atoms with Gasteiger partial charge in [-0.2, -0.15) is 0 Å². The van der Waals surface area contributed by atoms with Crippen LogP contribution in [0.4, 0.5) is 4.39 Å². The molecule has 0 heterocycles. The summed E-state index contributed by atoms with van der Waals surface area (Å²) in [6.07, 6.45) is 2.45. The lowest BCUT2D eigenvalue weighted by Gasteiger charge is -2.20. The zero-order valence-electron chi connectivity index (χ0n) is 11.3. The lowest BCUT2D eigenvalue weighted by molar-refractivity contribution is -0.145. The standard InChI is InChI=1S/C13H24FNO3/c1-3-5-6-7-11(14)9-12(16)15(8-4-2)10-13(17)18/h11H,3-10H2,1-2H3,(H,17,18).